The van der Waals surface area contributed by atoms with Gasteiger partial charge in [0.2, 0.25) is 0 Å². The summed E-state index contributed by atoms with van der Waals surface area (Å²) in [6.45, 7) is 1.00. The van der Waals surface area contributed by atoms with Crippen LogP contribution in [0.25, 0.3) is 0 Å². The molecule has 1 atom stereocenters. The van der Waals surface area contributed by atoms with E-state index in [1.54, 1.807) is 6.92 Å². The predicted molar refractivity (Wildman–Crippen MR) is 47.9 cm³/mol. The molecule has 7 heteroatoms. The molecule has 1 unspecified atom stereocenters. The maximum absolute atomic E-state index is 10.9. The Balaban J connectivity index is 3.88. The van der Waals surface area contributed by atoms with E-state index in [1.165, 1.54) is 12.2 Å². The van der Waals surface area contributed by atoms with Crippen LogP contribution in [0.1, 0.15) is 13.3 Å². The van der Waals surface area contributed by atoms with Crippen LogP contribution < -0.4 is 0 Å². The van der Waals surface area contributed by atoms with Crippen molar-refractivity contribution in [2.24, 2.45) is 0 Å². The van der Waals surface area contributed by atoms with E-state index in [0.29, 0.717) is 0 Å². The van der Waals surface area contributed by atoms with Gasteiger partial charge in [0.1, 0.15) is 0 Å². The molecule has 2 N–H and O–H groups in total. The van der Waals surface area contributed by atoms with Gasteiger partial charge < -0.3 is 5.11 Å². The zero-order valence-electron chi connectivity index (χ0n) is 7.58. The van der Waals surface area contributed by atoms with Crippen molar-refractivity contribution in [2.45, 2.75) is 19.4 Å². The Labute approximate surface area is 82.1 Å². The minimum absolute atomic E-state index is 0.250. The zero-order chi connectivity index (χ0) is 11.2. The standard InChI is InChI=1S/C7H12O6S/c1-2-3-6(8)4-7(9)5-13-14(10,11)12/h2-3,7,9H,4-5H2,1H3,(H,10,11,12). The third kappa shape index (κ3) is 7.87. The molecule has 0 aromatic rings. The van der Waals surface area contributed by atoms with Gasteiger partial charge in [-0.3, -0.25) is 9.35 Å². The topological polar surface area (TPSA) is 101 Å². The largest absolute Gasteiger partial charge is 0.397 e. The van der Waals surface area contributed by atoms with Crippen molar-refractivity contribution in [1.82, 2.24) is 0 Å². The van der Waals surface area contributed by atoms with Crippen molar-refractivity contribution in [3.05, 3.63) is 12.2 Å². The van der Waals surface area contributed by atoms with Gasteiger partial charge in [-0.25, -0.2) is 4.18 Å². The van der Waals surface area contributed by atoms with E-state index in [1.807, 2.05) is 0 Å². The molecule has 0 aliphatic rings. The molecule has 0 spiro atoms. The number of aliphatic hydroxyl groups excluding tert-OH is 1. The highest BCUT2D eigenvalue weighted by Gasteiger charge is 2.13. The van der Waals surface area contributed by atoms with Gasteiger partial charge >= 0.3 is 10.4 Å². The number of hydrogen-bond acceptors (Lipinski definition) is 5. The van der Waals surface area contributed by atoms with Crippen LogP contribution in [0.5, 0.6) is 0 Å². The van der Waals surface area contributed by atoms with E-state index in [-0.39, 0.29) is 12.2 Å². The van der Waals surface area contributed by atoms with Gasteiger partial charge in [0.05, 0.1) is 12.7 Å². The van der Waals surface area contributed by atoms with Gasteiger partial charge in [-0.15, -0.1) is 0 Å². The molecule has 6 nitrogen and oxygen atoms in total. The number of carbonyl (C=O) groups excluding carboxylic acids is 1. The third-order valence-corrected chi connectivity index (χ3v) is 1.63. The van der Waals surface area contributed by atoms with Crippen LogP contribution in [0.3, 0.4) is 0 Å². The second kappa shape index (κ2) is 5.86. The van der Waals surface area contributed by atoms with Crippen molar-refractivity contribution in [3.8, 4) is 0 Å². The van der Waals surface area contributed by atoms with Crippen LogP contribution in [0.2, 0.25) is 0 Å². The molecule has 0 rings (SSSR count). The molecule has 0 aliphatic heterocycles. The number of allylic oxidation sites excluding steroid dienone is 2. The second-order valence-corrected chi connectivity index (χ2v) is 3.63. The summed E-state index contributed by atoms with van der Waals surface area (Å²) in [5.74, 6) is -0.348. The van der Waals surface area contributed by atoms with E-state index < -0.39 is 23.1 Å². The molecule has 14 heavy (non-hydrogen) atoms. The molecular formula is C7H12O6S. The fourth-order valence-electron chi connectivity index (χ4n) is 0.710. The van der Waals surface area contributed by atoms with Crippen LogP contribution in [-0.2, 0) is 19.4 Å². The first-order valence-electron chi connectivity index (χ1n) is 3.80. The molecule has 0 heterocycles. The minimum atomic E-state index is -4.56. The Kier molecular flexibility index (Phi) is 5.55. The summed E-state index contributed by atoms with van der Waals surface area (Å²) >= 11 is 0. The maximum atomic E-state index is 10.9. The molecule has 0 radical (unpaired) electrons. The third-order valence-electron chi connectivity index (χ3n) is 1.20. The van der Waals surface area contributed by atoms with Crippen LogP contribution in [0, 0.1) is 0 Å². The first kappa shape index (κ1) is 13.2. The molecule has 0 saturated heterocycles. The summed E-state index contributed by atoms with van der Waals surface area (Å²) < 4.78 is 32.2. The van der Waals surface area contributed by atoms with E-state index in [4.69, 9.17) is 9.66 Å². The Bertz CT molecular complexity index is 304. The molecule has 0 aliphatic carbocycles. The molecule has 0 aromatic heterocycles. The number of hydrogen-bond donors (Lipinski definition) is 2. The zero-order valence-corrected chi connectivity index (χ0v) is 8.40. The van der Waals surface area contributed by atoms with Crippen LogP contribution in [0.4, 0.5) is 0 Å². The van der Waals surface area contributed by atoms with E-state index in [2.05, 4.69) is 4.18 Å². The molecule has 0 fully saturated rings. The van der Waals surface area contributed by atoms with Crippen molar-refractivity contribution < 1.29 is 27.1 Å². The average molecular weight is 224 g/mol. The number of aliphatic hydroxyl groups is 1. The Hall–Kier alpha value is -0.760. The molecule has 0 aromatic carbocycles. The number of rotatable bonds is 6. The monoisotopic (exact) mass is 224 g/mol. The van der Waals surface area contributed by atoms with Gasteiger partial charge in [0.15, 0.2) is 5.78 Å². The lowest BCUT2D eigenvalue weighted by molar-refractivity contribution is -0.116. The lowest BCUT2D eigenvalue weighted by Gasteiger charge is -2.06. The van der Waals surface area contributed by atoms with Gasteiger partial charge in [-0.1, -0.05) is 6.08 Å². The van der Waals surface area contributed by atoms with Crippen LogP contribution in [0.15, 0.2) is 12.2 Å². The van der Waals surface area contributed by atoms with Crippen molar-refractivity contribution in [3.63, 3.8) is 0 Å². The Morgan fingerprint density at radius 1 is 1.57 bits per heavy atom. The molecule has 82 valence electrons. The SMILES string of the molecule is CC=CC(=O)CC(O)COS(=O)(=O)O. The highest BCUT2D eigenvalue weighted by molar-refractivity contribution is 7.80. The van der Waals surface area contributed by atoms with E-state index in [0.717, 1.165) is 0 Å². The summed E-state index contributed by atoms with van der Waals surface area (Å²) in [5, 5.41) is 9.05. The number of ketones is 1. The summed E-state index contributed by atoms with van der Waals surface area (Å²) in [6.07, 6.45) is 1.25. The molecule has 0 amide bonds. The number of carbonyl (C=O) groups is 1. The van der Waals surface area contributed by atoms with Crippen molar-refractivity contribution >= 4 is 16.2 Å². The summed E-state index contributed by atoms with van der Waals surface area (Å²) in [5.41, 5.74) is 0. The highest BCUT2D eigenvalue weighted by Crippen LogP contribution is 1.97. The van der Waals surface area contributed by atoms with Gasteiger partial charge in [0, 0.05) is 6.42 Å². The van der Waals surface area contributed by atoms with Crippen LogP contribution in [-0.4, -0.2) is 36.6 Å². The first-order valence-corrected chi connectivity index (χ1v) is 5.17. The predicted octanol–water partition coefficient (Wildman–Crippen LogP) is -0.298. The molecule has 0 bridgehead atoms. The smallest absolute Gasteiger partial charge is 0.390 e. The maximum Gasteiger partial charge on any atom is 0.397 e. The normalized spacial score (nSPS) is 14.5. The Morgan fingerprint density at radius 2 is 2.14 bits per heavy atom. The summed E-state index contributed by atoms with van der Waals surface area (Å²) in [6, 6.07) is 0. The van der Waals surface area contributed by atoms with Gasteiger partial charge in [-0.05, 0) is 13.0 Å². The lowest BCUT2D eigenvalue weighted by Crippen LogP contribution is -2.21. The van der Waals surface area contributed by atoms with Gasteiger partial charge in [-0.2, -0.15) is 8.42 Å². The van der Waals surface area contributed by atoms with Crippen molar-refractivity contribution in [1.29, 1.82) is 0 Å². The van der Waals surface area contributed by atoms with E-state index >= 15 is 0 Å². The summed E-state index contributed by atoms with van der Waals surface area (Å²) in [7, 11) is -4.56. The average Bonchev–Trinajstić information content (AvgIpc) is 2.00. The van der Waals surface area contributed by atoms with Crippen LogP contribution >= 0.6 is 0 Å². The fourth-order valence-corrected chi connectivity index (χ4v) is 1.04. The van der Waals surface area contributed by atoms with Gasteiger partial charge in [0.25, 0.3) is 0 Å². The highest BCUT2D eigenvalue weighted by atomic mass is 32.3. The lowest BCUT2D eigenvalue weighted by atomic mass is 10.2. The van der Waals surface area contributed by atoms with Crippen molar-refractivity contribution in [2.75, 3.05) is 6.61 Å². The quantitative estimate of drug-likeness (QED) is 0.474. The first-order chi connectivity index (χ1) is 6.35. The van der Waals surface area contributed by atoms with E-state index in [9.17, 15) is 13.2 Å². The second-order valence-electron chi connectivity index (χ2n) is 2.54. The fraction of sp³-hybridized carbons (Fsp3) is 0.571. The molecular weight excluding hydrogens is 212 g/mol. The summed E-state index contributed by atoms with van der Waals surface area (Å²) in [4.78, 5) is 10.9. The Morgan fingerprint density at radius 3 is 2.57 bits per heavy atom. The molecule has 0 saturated carbocycles. The minimum Gasteiger partial charge on any atom is -0.390 e.